The van der Waals surface area contributed by atoms with Crippen molar-refractivity contribution in [3.8, 4) is 5.75 Å². The van der Waals surface area contributed by atoms with E-state index in [-0.39, 0.29) is 22.7 Å². The van der Waals surface area contributed by atoms with Crippen molar-refractivity contribution in [1.82, 2.24) is 15.5 Å². The van der Waals surface area contributed by atoms with Gasteiger partial charge in [0.05, 0.1) is 22.2 Å². The lowest BCUT2D eigenvalue weighted by molar-refractivity contribution is 0.167. The van der Waals surface area contributed by atoms with E-state index < -0.39 is 21.9 Å². The van der Waals surface area contributed by atoms with E-state index in [1.54, 1.807) is 23.6 Å². The largest absolute Gasteiger partial charge is 0.492 e. The molecule has 0 saturated heterocycles. The number of aliphatic hydroxyl groups is 1. The standard InChI is InChI=1S/C21H20ClFN4O4S2/c22-21-15-5-4-13(10-18(15)25-26-21)31-8-7-24-11-19(28)16-2-1-3-17(20(16)23)27-33(29,30)14-6-9-32-12-14/h1-6,9-10,12,19,24,27-28H,7-8,11H2,(H,25,26). The Balaban J connectivity index is 1.30. The zero-order chi connectivity index (χ0) is 23.4. The lowest BCUT2D eigenvalue weighted by Gasteiger charge is -2.16. The number of aromatic amines is 1. The summed E-state index contributed by atoms with van der Waals surface area (Å²) in [6, 6.07) is 11.0. The molecule has 2 aromatic carbocycles. The van der Waals surface area contributed by atoms with Gasteiger partial charge in [0.1, 0.15) is 17.5 Å². The molecule has 1 atom stereocenters. The van der Waals surface area contributed by atoms with Gasteiger partial charge in [-0.2, -0.15) is 16.4 Å². The van der Waals surface area contributed by atoms with Crippen LogP contribution >= 0.6 is 22.9 Å². The Morgan fingerprint density at radius 3 is 2.91 bits per heavy atom. The number of aliphatic hydroxyl groups excluding tert-OH is 1. The van der Waals surface area contributed by atoms with Gasteiger partial charge in [0.2, 0.25) is 0 Å². The predicted molar refractivity (Wildman–Crippen MR) is 126 cm³/mol. The molecule has 4 rings (SSSR count). The summed E-state index contributed by atoms with van der Waals surface area (Å²) in [6.07, 6.45) is -1.18. The van der Waals surface area contributed by atoms with Gasteiger partial charge in [-0.15, -0.1) is 0 Å². The first-order chi connectivity index (χ1) is 15.8. The van der Waals surface area contributed by atoms with Crippen molar-refractivity contribution in [3.05, 3.63) is 69.8 Å². The number of rotatable bonds is 10. The molecule has 0 fully saturated rings. The van der Waals surface area contributed by atoms with Gasteiger partial charge in [-0.1, -0.05) is 23.7 Å². The zero-order valence-electron chi connectivity index (χ0n) is 17.1. The topological polar surface area (TPSA) is 116 Å². The highest BCUT2D eigenvalue weighted by Gasteiger charge is 2.20. The molecular weight excluding hydrogens is 491 g/mol. The summed E-state index contributed by atoms with van der Waals surface area (Å²) in [5.41, 5.74) is 0.440. The summed E-state index contributed by atoms with van der Waals surface area (Å²) in [5, 5.41) is 24.5. The van der Waals surface area contributed by atoms with Crippen molar-refractivity contribution < 1.29 is 22.7 Å². The molecule has 12 heteroatoms. The molecule has 4 N–H and O–H groups in total. The van der Waals surface area contributed by atoms with Crippen LogP contribution in [0.15, 0.2) is 58.1 Å². The summed E-state index contributed by atoms with van der Waals surface area (Å²) < 4.78 is 47.5. The van der Waals surface area contributed by atoms with Crippen molar-refractivity contribution in [2.45, 2.75) is 11.0 Å². The number of fused-ring (bicyclic) bond motifs is 1. The Labute approximate surface area is 198 Å². The highest BCUT2D eigenvalue weighted by molar-refractivity contribution is 7.92. The van der Waals surface area contributed by atoms with Gasteiger partial charge in [-0.25, -0.2) is 12.8 Å². The fourth-order valence-electron chi connectivity index (χ4n) is 3.13. The van der Waals surface area contributed by atoms with Crippen molar-refractivity contribution in [1.29, 1.82) is 0 Å². The minimum atomic E-state index is -3.91. The molecule has 0 amide bonds. The molecule has 0 bridgehead atoms. The quantitative estimate of drug-likeness (QED) is 0.240. The van der Waals surface area contributed by atoms with Gasteiger partial charge in [0, 0.05) is 35.5 Å². The van der Waals surface area contributed by atoms with Crippen molar-refractivity contribution in [2.75, 3.05) is 24.4 Å². The van der Waals surface area contributed by atoms with E-state index in [0.29, 0.717) is 29.6 Å². The molecule has 1 unspecified atom stereocenters. The molecule has 2 heterocycles. The number of ether oxygens (including phenoxy) is 1. The third-order valence-electron chi connectivity index (χ3n) is 4.80. The highest BCUT2D eigenvalue weighted by Crippen LogP contribution is 2.26. The van der Waals surface area contributed by atoms with Crippen LogP contribution in [0.2, 0.25) is 5.15 Å². The molecule has 0 spiro atoms. The summed E-state index contributed by atoms with van der Waals surface area (Å²) in [5.74, 6) is -0.211. The van der Waals surface area contributed by atoms with E-state index in [9.17, 15) is 17.9 Å². The van der Waals surface area contributed by atoms with E-state index in [0.717, 1.165) is 5.39 Å². The van der Waals surface area contributed by atoms with Crippen molar-refractivity contribution in [2.24, 2.45) is 0 Å². The van der Waals surface area contributed by atoms with Crippen LogP contribution in [0.3, 0.4) is 0 Å². The summed E-state index contributed by atoms with van der Waals surface area (Å²) in [6.45, 7) is 0.747. The number of nitrogens with one attached hydrogen (secondary N) is 3. The molecule has 8 nitrogen and oxygen atoms in total. The third kappa shape index (κ3) is 5.45. The molecule has 174 valence electrons. The van der Waals surface area contributed by atoms with Gasteiger partial charge >= 0.3 is 0 Å². The van der Waals surface area contributed by atoms with Crippen LogP contribution in [0.5, 0.6) is 5.75 Å². The molecule has 0 aliphatic carbocycles. The maximum atomic E-state index is 14.9. The Bertz CT molecular complexity index is 1350. The van der Waals surface area contributed by atoms with E-state index in [4.69, 9.17) is 16.3 Å². The normalized spacial score (nSPS) is 12.7. The smallest absolute Gasteiger partial charge is 0.262 e. The number of sulfonamides is 1. The van der Waals surface area contributed by atoms with Gasteiger partial charge < -0.3 is 15.2 Å². The lowest BCUT2D eigenvalue weighted by atomic mass is 10.1. The average Bonchev–Trinajstić information content (AvgIpc) is 3.46. The number of aromatic nitrogens is 2. The third-order valence-corrected chi connectivity index (χ3v) is 7.29. The zero-order valence-corrected chi connectivity index (χ0v) is 19.5. The molecule has 33 heavy (non-hydrogen) atoms. The Morgan fingerprint density at radius 1 is 1.27 bits per heavy atom. The maximum Gasteiger partial charge on any atom is 0.262 e. The van der Waals surface area contributed by atoms with Crippen LogP contribution in [0.4, 0.5) is 10.1 Å². The molecule has 2 aromatic heterocycles. The molecule has 4 aromatic rings. The summed E-state index contributed by atoms with van der Waals surface area (Å²) in [4.78, 5) is 0.0500. The molecule has 0 aliphatic rings. The van der Waals surface area contributed by atoms with Gasteiger partial charge in [0.25, 0.3) is 10.0 Å². The summed E-state index contributed by atoms with van der Waals surface area (Å²) >= 11 is 7.19. The minimum absolute atomic E-state index is 0.0187. The second-order valence-electron chi connectivity index (χ2n) is 7.06. The SMILES string of the molecule is O=S(=O)(Nc1cccc(C(O)CNCCOc2ccc3c(Cl)[nH]nc3c2)c1F)c1ccsc1. The number of nitrogens with zero attached hydrogens (tertiary/aromatic N) is 1. The highest BCUT2D eigenvalue weighted by atomic mass is 35.5. The van der Waals surface area contributed by atoms with Gasteiger partial charge in [-0.05, 0) is 29.6 Å². The van der Waals surface area contributed by atoms with E-state index in [1.165, 1.54) is 41.0 Å². The average molecular weight is 511 g/mol. The van der Waals surface area contributed by atoms with Crippen LogP contribution < -0.4 is 14.8 Å². The number of hydrogen-bond donors (Lipinski definition) is 4. The van der Waals surface area contributed by atoms with Crippen molar-refractivity contribution >= 4 is 49.6 Å². The first-order valence-electron chi connectivity index (χ1n) is 9.84. The monoisotopic (exact) mass is 510 g/mol. The Morgan fingerprint density at radius 2 is 2.12 bits per heavy atom. The van der Waals surface area contributed by atoms with E-state index >= 15 is 0 Å². The van der Waals surface area contributed by atoms with Crippen LogP contribution in [-0.2, 0) is 10.0 Å². The van der Waals surface area contributed by atoms with E-state index in [2.05, 4.69) is 20.2 Å². The van der Waals surface area contributed by atoms with Crippen LogP contribution in [-0.4, -0.2) is 43.4 Å². The predicted octanol–water partition coefficient (Wildman–Crippen LogP) is 3.92. The Hall–Kier alpha value is -2.70. The second-order valence-corrected chi connectivity index (χ2v) is 9.90. The number of thiophene rings is 1. The second kappa shape index (κ2) is 10.1. The number of H-pyrrole nitrogens is 1. The lowest BCUT2D eigenvalue weighted by Crippen LogP contribution is -2.26. The van der Waals surface area contributed by atoms with Gasteiger partial charge in [-0.3, -0.25) is 9.82 Å². The first kappa shape index (κ1) is 23.5. The number of hydrogen-bond acceptors (Lipinski definition) is 7. The molecule has 0 saturated carbocycles. The first-order valence-corrected chi connectivity index (χ1v) is 12.6. The van der Waals surface area contributed by atoms with Crippen LogP contribution in [0.1, 0.15) is 11.7 Å². The van der Waals surface area contributed by atoms with E-state index in [1.807, 2.05) is 0 Å². The number of benzene rings is 2. The van der Waals surface area contributed by atoms with Gasteiger partial charge in [0.15, 0.2) is 5.82 Å². The van der Waals surface area contributed by atoms with Crippen molar-refractivity contribution in [3.63, 3.8) is 0 Å². The minimum Gasteiger partial charge on any atom is -0.492 e. The molecule has 0 aliphatic heterocycles. The Kier molecular flexibility index (Phi) is 7.15. The molecule has 0 radical (unpaired) electrons. The summed E-state index contributed by atoms with van der Waals surface area (Å²) in [7, 11) is -3.91. The fourth-order valence-corrected chi connectivity index (χ4v) is 5.42. The van der Waals surface area contributed by atoms with Crippen LogP contribution in [0.25, 0.3) is 10.9 Å². The number of anilines is 1. The van der Waals surface area contributed by atoms with Crippen LogP contribution in [0, 0.1) is 5.82 Å². The fraction of sp³-hybridized carbons (Fsp3) is 0.190. The maximum absolute atomic E-state index is 14.9. The number of halogens is 2. The molecular formula is C21H20ClFN4O4S2.